The number of aliphatic carboxylic acids is 1. The van der Waals surface area contributed by atoms with Gasteiger partial charge >= 0.3 is 5.97 Å². The molecule has 1 fully saturated rings. The van der Waals surface area contributed by atoms with Gasteiger partial charge in [0.15, 0.2) is 0 Å². The summed E-state index contributed by atoms with van der Waals surface area (Å²) in [6.45, 7) is 1.81. The number of amides is 1. The summed E-state index contributed by atoms with van der Waals surface area (Å²) < 4.78 is 40.6. The zero-order chi connectivity index (χ0) is 23.6. The number of carboxylic acid groups (broad SMARTS) is 1. The van der Waals surface area contributed by atoms with Crippen molar-refractivity contribution in [3.05, 3.63) is 63.9 Å². The summed E-state index contributed by atoms with van der Waals surface area (Å²) in [5.41, 5.74) is 0.511. The van der Waals surface area contributed by atoms with Gasteiger partial charge in [-0.15, -0.1) is 0 Å². The highest BCUT2D eigenvalue weighted by molar-refractivity contribution is 7.89. The van der Waals surface area contributed by atoms with Crippen LogP contribution in [0.1, 0.15) is 18.9 Å². The second kappa shape index (κ2) is 9.74. The molecule has 2 aromatic carbocycles. The van der Waals surface area contributed by atoms with Gasteiger partial charge in [0.25, 0.3) is 0 Å². The smallest absolute Gasteiger partial charge is 0.326 e. The van der Waals surface area contributed by atoms with Crippen LogP contribution >= 0.6 is 23.2 Å². The van der Waals surface area contributed by atoms with E-state index in [9.17, 15) is 27.5 Å². The number of carbonyl (C=O) groups excluding carboxylic acids is 1. The van der Waals surface area contributed by atoms with Crippen LogP contribution in [0, 0.1) is 11.7 Å². The van der Waals surface area contributed by atoms with Crippen molar-refractivity contribution in [3.8, 4) is 0 Å². The van der Waals surface area contributed by atoms with E-state index in [2.05, 4.69) is 5.32 Å². The molecule has 0 aliphatic carbocycles. The molecule has 1 amide bonds. The van der Waals surface area contributed by atoms with Gasteiger partial charge in [0.2, 0.25) is 15.9 Å². The standard InChI is InChI=1S/C21H21Cl2FN2O5S/c1-12-6-7-26(32(30,31)17-10-14(22)9-15(23)11-17)19(12)20(27)25-18(21(28)29)8-13-2-4-16(24)5-3-13/h2-5,9-12,18-19H,6-8H2,1H3,(H,25,27)(H,28,29)/t12-,18-,19-/m0/s1. The normalized spacial score (nSPS) is 20.1. The third-order valence-electron chi connectivity index (χ3n) is 5.33. The summed E-state index contributed by atoms with van der Waals surface area (Å²) >= 11 is 11.9. The zero-order valence-corrected chi connectivity index (χ0v) is 19.3. The van der Waals surface area contributed by atoms with E-state index >= 15 is 0 Å². The summed E-state index contributed by atoms with van der Waals surface area (Å²) in [4.78, 5) is 24.6. The van der Waals surface area contributed by atoms with Crippen molar-refractivity contribution in [3.63, 3.8) is 0 Å². The minimum Gasteiger partial charge on any atom is -0.480 e. The number of hydrogen-bond donors (Lipinski definition) is 2. The van der Waals surface area contributed by atoms with E-state index in [4.69, 9.17) is 23.2 Å². The van der Waals surface area contributed by atoms with Crippen LogP contribution in [0.2, 0.25) is 10.0 Å². The average Bonchev–Trinajstić information content (AvgIpc) is 3.10. The van der Waals surface area contributed by atoms with E-state index in [1.165, 1.54) is 42.5 Å². The van der Waals surface area contributed by atoms with E-state index in [0.29, 0.717) is 12.0 Å². The Labute approximate surface area is 195 Å². The molecule has 0 spiro atoms. The largest absolute Gasteiger partial charge is 0.480 e. The quantitative estimate of drug-likeness (QED) is 0.604. The summed E-state index contributed by atoms with van der Waals surface area (Å²) in [6, 6.07) is 6.71. The average molecular weight is 503 g/mol. The molecule has 1 heterocycles. The Morgan fingerprint density at radius 3 is 2.34 bits per heavy atom. The van der Waals surface area contributed by atoms with Crippen LogP contribution < -0.4 is 5.32 Å². The van der Waals surface area contributed by atoms with E-state index in [1.807, 2.05) is 0 Å². The Bertz CT molecular complexity index is 1110. The molecule has 32 heavy (non-hydrogen) atoms. The van der Waals surface area contributed by atoms with Crippen molar-refractivity contribution in [2.24, 2.45) is 5.92 Å². The molecule has 0 bridgehead atoms. The van der Waals surface area contributed by atoms with Gasteiger partial charge in [-0.05, 0) is 48.2 Å². The third kappa shape index (κ3) is 5.40. The number of nitrogens with zero attached hydrogens (tertiary/aromatic N) is 1. The number of benzene rings is 2. The summed E-state index contributed by atoms with van der Waals surface area (Å²) in [5, 5.41) is 12.3. The minimum atomic E-state index is -4.12. The summed E-state index contributed by atoms with van der Waals surface area (Å²) in [7, 11) is -4.12. The number of carbonyl (C=O) groups is 2. The molecule has 0 saturated carbocycles. The van der Waals surface area contributed by atoms with Crippen molar-refractivity contribution in [1.29, 1.82) is 0 Å². The predicted octanol–water partition coefficient (Wildman–Crippen LogP) is 3.34. The highest BCUT2D eigenvalue weighted by Crippen LogP contribution is 2.32. The van der Waals surface area contributed by atoms with Crippen molar-refractivity contribution >= 4 is 45.1 Å². The highest BCUT2D eigenvalue weighted by atomic mass is 35.5. The topological polar surface area (TPSA) is 104 Å². The molecule has 0 radical (unpaired) electrons. The number of hydrogen-bond acceptors (Lipinski definition) is 4. The van der Waals surface area contributed by atoms with Gasteiger partial charge in [0.1, 0.15) is 17.9 Å². The third-order valence-corrected chi connectivity index (χ3v) is 7.63. The van der Waals surface area contributed by atoms with Crippen LogP contribution in [0.3, 0.4) is 0 Å². The first kappa shape index (κ1) is 24.4. The van der Waals surface area contributed by atoms with Gasteiger partial charge in [0.05, 0.1) is 4.90 Å². The molecule has 172 valence electrons. The predicted molar refractivity (Wildman–Crippen MR) is 118 cm³/mol. The van der Waals surface area contributed by atoms with Gasteiger partial charge < -0.3 is 10.4 Å². The van der Waals surface area contributed by atoms with Crippen LogP contribution in [0.25, 0.3) is 0 Å². The minimum absolute atomic E-state index is 0.0842. The number of carboxylic acids is 1. The van der Waals surface area contributed by atoms with Crippen molar-refractivity contribution < 1.29 is 27.5 Å². The van der Waals surface area contributed by atoms with Crippen LogP contribution in [-0.2, 0) is 26.0 Å². The Balaban J connectivity index is 1.84. The van der Waals surface area contributed by atoms with Crippen molar-refractivity contribution in [1.82, 2.24) is 9.62 Å². The molecule has 0 aromatic heterocycles. The zero-order valence-electron chi connectivity index (χ0n) is 17.0. The van der Waals surface area contributed by atoms with Gasteiger partial charge in [-0.1, -0.05) is 42.3 Å². The van der Waals surface area contributed by atoms with E-state index in [-0.39, 0.29) is 33.8 Å². The number of rotatable bonds is 7. The first-order valence-electron chi connectivity index (χ1n) is 9.74. The second-order valence-electron chi connectivity index (χ2n) is 7.66. The molecule has 3 rings (SSSR count). The fraction of sp³-hybridized carbons (Fsp3) is 0.333. The molecule has 1 aliphatic heterocycles. The Hall–Kier alpha value is -2.20. The first-order valence-corrected chi connectivity index (χ1v) is 11.9. The highest BCUT2D eigenvalue weighted by Gasteiger charge is 2.44. The molecule has 1 saturated heterocycles. The number of sulfonamides is 1. The van der Waals surface area contributed by atoms with Gasteiger partial charge in [-0.2, -0.15) is 4.31 Å². The molecule has 11 heteroatoms. The second-order valence-corrected chi connectivity index (χ2v) is 10.4. The summed E-state index contributed by atoms with van der Waals surface area (Å²) in [6.07, 6.45) is 0.334. The van der Waals surface area contributed by atoms with E-state index in [1.54, 1.807) is 6.92 Å². The molecule has 7 nitrogen and oxygen atoms in total. The van der Waals surface area contributed by atoms with Gasteiger partial charge in [-0.3, -0.25) is 4.79 Å². The summed E-state index contributed by atoms with van der Waals surface area (Å²) in [5.74, 6) is -2.82. The first-order chi connectivity index (χ1) is 15.0. The van der Waals surface area contributed by atoms with Crippen LogP contribution in [-0.4, -0.2) is 48.3 Å². The van der Waals surface area contributed by atoms with Gasteiger partial charge in [-0.25, -0.2) is 17.6 Å². The molecule has 3 atom stereocenters. The van der Waals surface area contributed by atoms with Gasteiger partial charge in [0, 0.05) is 23.0 Å². The fourth-order valence-corrected chi connectivity index (χ4v) is 6.12. The lowest BCUT2D eigenvalue weighted by Crippen LogP contribution is -2.53. The molecule has 1 aliphatic rings. The van der Waals surface area contributed by atoms with Crippen LogP contribution in [0.15, 0.2) is 47.4 Å². The van der Waals surface area contributed by atoms with Crippen LogP contribution in [0.5, 0.6) is 0 Å². The Morgan fingerprint density at radius 1 is 1.19 bits per heavy atom. The Kier molecular flexibility index (Phi) is 7.44. The molecule has 2 N–H and O–H groups in total. The maximum atomic E-state index is 13.2. The fourth-order valence-electron chi connectivity index (χ4n) is 3.70. The lowest BCUT2D eigenvalue weighted by atomic mass is 10.0. The molecular weight excluding hydrogens is 482 g/mol. The SMILES string of the molecule is C[C@H]1CCN(S(=O)(=O)c2cc(Cl)cc(Cl)c2)[C@@H]1C(=O)N[C@@H](Cc1ccc(F)cc1)C(=O)O. The van der Waals surface area contributed by atoms with Crippen molar-refractivity contribution in [2.45, 2.75) is 36.7 Å². The Morgan fingerprint density at radius 2 is 1.78 bits per heavy atom. The maximum absolute atomic E-state index is 13.2. The maximum Gasteiger partial charge on any atom is 0.326 e. The van der Waals surface area contributed by atoms with E-state index < -0.39 is 39.8 Å². The number of nitrogens with one attached hydrogen (secondary N) is 1. The lowest BCUT2D eigenvalue weighted by molar-refractivity contribution is -0.142. The van der Waals surface area contributed by atoms with E-state index in [0.717, 1.165) is 4.31 Å². The monoisotopic (exact) mass is 502 g/mol. The number of halogens is 3. The van der Waals surface area contributed by atoms with Crippen molar-refractivity contribution in [2.75, 3.05) is 6.54 Å². The lowest BCUT2D eigenvalue weighted by Gasteiger charge is -2.27. The molecule has 0 unspecified atom stereocenters. The molecule has 2 aromatic rings. The molecular formula is C21H21Cl2FN2O5S. The van der Waals surface area contributed by atoms with Crippen LogP contribution in [0.4, 0.5) is 4.39 Å².